The first kappa shape index (κ1) is 17.7. The highest BCUT2D eigenvalue weighted by Gasteiger charge is 2.16. The Kier molecular flexibility index (Phi) is 5.43. The molecule has 1 aliphatic heterocycles. The van der Waals surface area contributed by atoms with Gasteiger partial charge in [0.1, 0.15) is 11.4 Å². The molecule has 0 bridgehead atoms. The topological polar surface area (TPSA) is 76.0 Å². The van der Waals surface area contributed by atoms with Gasteiger partial charge in [-0.15, -0.1) is 0 Å². The minimum absolute atomic E-state index is 0.226. The van der Waals surface area contributed by atoms with Crippen molar-refractivity contribution < 1.29 is 4.74 Å². The summed E-state index contributed by atoms with van der Waals surface area (Å²) in [6.07, 6.45) is 6.64. The van der Waals surface area contributed by atoms with Crippen LogP contribution in [0.25, 0.3) is 11.4 Å². The van der Waals surface area contributed by atoms with Crippen molar-refractivity contribution in [3.05, 3.63) is 66.2 Å². The monoisotopic (exact) mass is 364 g/mol. The van der Waals surface area contributed by atoms with Crippen LogP contribution < -0.4 is 21.1 Å². The van der Waals surface area contributed by atoms with Gasteiger partial charge in [0.05, 0.1) is 24.7 Å². The van der Waals surface area contributed by atoms with E-state index in [2.05, 4.69) is 43.1 Å². The van der Waals surface area contributed by atoms with Crippen LogP contribution in [0.3, 0.4) is 0 Å². The average molecular weight is 364 g/mol. The number of rotatable bonds is 7. The molecule has 1 aliphatic rings. The summed E-state index contributed by atoms with van der Waals surface area (Å²) in [4.78, 5) is 9.03. The van der Waals surface area contributed by atoms with Gasteiger partial charge in [0.2, 0.25) is 0 Å². The van der Waals surface area contributed by atoms with Crippen molar-refractivity contribution in [2.24, 2.45) is 0 Å². The lowest BCUT2D eigenvalue weighted by atomic mass is 10.1. The third kappa shape index (κ3) is 4.16. The van der Waals surface area contributed by atoms with E-state index >= 15 is 0 Å². The van der Waals surface area contributed by atoms with Crippen molar-refractivity contribution in [3.8, 4) is 17.1 Å². The van der Waals surface area contributed by atoms with Crippen LogP contribution in [0.15, 0.2) is 55.1 Å². The predicted molar refractivity (Wildman–Crippen MR) is 104 cm³/mol. The van der Waals surface area contributed by atoms with E-state index in [-0.39, 0.29) is 6.04 Å². The number of nitrogens with one attached hydrogen (secondary N) is 3. The molecule has 2 aromatic heterocycles. The lowest BCUT2D eigenvalue weighted by Gasteiger charge is -2.10. The number of hydrogen-bond donors (Lipinski definition) is 3. The van der Waals surface area contributed by atoms with Gasteiger partial charge in [-0.05, 0) is 42.7 Å². The molecule has 140 valence electrons. The predicted octanol–water partition coefficient (Wildman–Crippen LogP) is 2.24. The Morgan fingerprint density at radius 2 is 2.11 bits per heavy atom. The third-order valence-corrected chi connectivity index (χ3v) is 4.63. The van der Waals surface area contributed by atoms with E-state index in [0.29, 0.717) is 6.61 Å². The lowest BCUT2D eigenvalue weighted by Crippen LogP contribution is -2.30. The van der Waals surface area contributed by atoms with Gasteiger partial charge < -0.3 is 9.30 Å². The van der Waals surface area contributed by atoms with Gasteiger partial charge in [0.15, 0.2) is 0 Å². The van der Waals surface area contributed by atoms with Crippen molar-refractivity contribution in [1.29, 1.82) is 0 Å². The van der Waals surface area contributed by atoms with Gasteiger partial charge in [-0.25, -0.2) is 15.8 Å². The van der Waals surface area contributed by atoms with Crippen molar-refractivity contribution in [2.75, 3.05) is 13.2 Å². The van der Waals surface area contributed by atoms with E-state index in [1.807, 2.05) is 49.9 Å². The number of para-hydroxylation sites is 1. The van der Waals surface area contributed by atoms with E-state index in [9.17, 15) is 0 Å². The molecule has 3 N–H and O–H groups in total. The molecule has 0 spiro atoms. The largest absolute Gasteiger partial charge is 0.494 e. The van der Waals surface area contributed by atoms with Gasteiger partial charge in [-0.3, -0.25) is 4.98 Å². The first-order valence-corrected chi connectivity index (χ1v) is 9.25. The Hall–Kier alpha value is -2.74. The average Bonchev–Trinajstić information content (AvgIpc) is 3.40. The standard InChI is InChI=1S/C20H24N6O/c1-2-27-20-6-4-3-5-15(20)8-10-26-13-19(22-14-26)17-11-16(7-9-21-17)18-12-23-25-24-18/h3-7,9,11,13-14,18,23-25H,2,8,10,12H2,1H3. The molecule has 27 heavy (non-hydrogen) atoms. The lowest BCUT2D eigenvalue weighted by molar-refractivity contribution is 0.336. The number of benzene rings is 1. The summed E-state index contributed by atoms with van der Waals surface area (Å²) in [7, 11) is 0. The summed E-state index contributed by atoms with van der Waals surface area (Å²) < 4.78 is 7.81. The van der Waals surface area contributed by atoms with E-state index in [1.54, 1.807) is 0 Å². The molecule has 4 rings (SSSR count). The fourth-order valence-electron chi connectivity index (χ4n) is 3.22. The van der Waals surface area contributed by atoms with Crippen molar-refractivity contribution >= 4 is 0 Å². The van der Waals surface area contributed by atoms with Crippen LogP contribution >= 0.6 is 0 Å². The van der Waals surface area contributed by atoms with Gasteiger partial charge in [0, 0.05) is 25.5 Å². The van der Waals surface area contributed by atoms with Crippen LogP contribution in [-0.2, 0) is 13.0 Å². The second-order valence-electron chi connectivity index (χ2n) is 6.46. The van der Waals surface area contributed by atoms with Gasteiger partial charge in [-0.2, -0.15) is 5.53 Å². The van der Waals surface area contributed by atoms with E-state index in [0.717, 1.165) is 36.6 Å². The van der Waals surface area contributed by atoms with E-state index in [1.165, 1.54) is 11.1 Å². The van der Waals surface area contributed by atoms with Crippen molar-refractivity contribution in [2.45, 2.75) is 25.9 Å². The minimum Gasteiger partial charge on any atom is -0.494 e. The van der Waals surface area contributed by atoms with Crippen LogP contribution in [-0.4, -0.2) is 27.7 Å². The smallest absolute Gasteiger partial charge is 0.122 e. The Bertz CT molecular complexity index is 887. The molecular weight excluding hydrogens is 340 g/mol. The van der Waals surface area contributed by atoms with E-state index in [4.69, 9.17) is 4.74 Å². The van der Waals surface area contributed by atoms with Crippen LogP contribution in [0.5, 0.6) is 5.75 Å². The number of aryl methyl sites for hydroxylation is 2. The number of ether oxygens (including phenoxy) is 1. The molecule has 3 aromatic rings. The highest BCUT2D eigenvalue weighted by atomic mass is 16.5. The van der Waals surface area contributed by atoms with Gasteiger partial charge in [0.25, 0.3) is 0 Å². The SMILES string of the molecule is CCOc1ccccc1CCn1cnc(-c2cc(C3CNNN3)ccn2)c1. The minimum atomic E-state index is 0.226. The molecule has 1 atom stereocenters. The summed E-state index contributed by atoms with van der Waals surface area (Å²) >= 11 is 0. The van der Waals surface area contributed by atoms with Gasteiger partial charge in [-0.1, -0.05) is 18.2 Å². The Morgan fingerprint density at radius 3 is 2.96 bits per heavy atom. The summed E-state index contributed by atoms with van der Waals surface area (Å²) in [6.45, 7) is 4.36. The molecule has 1 unspecified atom stereocenters. The number of aromatic nitrogens is 3. The first-order valence-electron chi connectivity index (χ1n) is 9.25. The Morgan fingerprint density at radius 1 is 1.19 bits per heavy atom. The summed E-state index contributed by atoms with van der Waals surface area (Å²) in [6, 6.07) is 12.5. The highest BCUT2D eigenvalue weighted by molar-refractivity contribution is 5.54. The van der Waals surface area contributed by atoms with Crippen LogP contribution in [0.2, 0.25) is 0 Å². The fourth-order valence-corrected chi connectivity index (χ4v) is 3.22. The zero-order valence-electron chi connectivity index (χ0n) is 15.4. The van der Waals surface area contributed by atoms with Gasteiger partial charge >= 0.3 is 0 Å². The number of hydrazine groups is 2. The molecule has 1 fully saturated rings. The Balaban J connectivity index is 1.45. The summed E-state index contributed by atoms with van der Waals surface area (Å²) in [5.41, 5.74) is 13.3. The maximum atomic E-state index is 5.71. The zero-order chi connectivity index (χ0) is 18.5. The second-order valence-corrected chi connectivity index (χ2v) is 6.46. The number of hydrogen-bond acceptors (Lipinski definition) is 6. The molecule has 0 aliphatic carbocycles. The number of nitrogens with zero attached hydrogens (tertiary/aromatic N) is 3. The molecule has 1 aromatic carbocycles. The number of pyridine rings is 1. The quantitative estimate of drug-likeness (QED) is 0.597. The Labute approximate surface area is 158 Å². The number of imidazole rings is 1. The molecule has 0 amide bonds. The van der Waals surface area contributed by atoms with Crippen LogP contribution in [0.1, 0.15) is 24.1 Å². The molecule has 3 heterocycles. The second kappa shape index (κ2) is 8.30. The summed E-state index contributed by atoms with van der Waals surface area (Å²) in [5.74, 6) is 0.959. The zero-order valence-corrected chi connectivity index (χ0v) is 15.4. The maximum absolute atomic E-state index is 5.71. The molecule has 7 heteroatoms. The summed E-state index contributed by atoms with van der Waals surface area (Å²) in [5, 5.41) is 0. The van der Waals surface area contributed by atoms with Crippen LogP contribution in [0, 0.1) is 0 Å². The molecule has 7 nitrogen and oxygen atoms in total. The van der Waals surface area contributed by atoms with E-state index < -0.39 is 0 Å². The fraction of sp³-hybridized carbons (Fsp3) is 0.300. The van der Waals surface area contributed by atoms with Crippen LogP contribution in [0.4, 0.5) is 0 Å². The molecule has 0 radical (unpaired) electrons. The molecule has 1 saturated heterocycles. The van der Waals surface area contributed by atoms with Crippen molar-refractivity contribution in [1.82, 2.24) is 30.9 Å². The highest BCUT2D eigenvalue weighted by Crippen LogP contribution is 2.22. The maximum Gasteiger partial charge on any atom is 0.122 e. The molecular formula is C20H24N6O. The normalized spacial score (nSPS) is 16.6. The first-order chi connectivity index (χ1) is 13.3. The third-order valence-electron chi connectivity index (χ3n) is 4.63. The molecule has 0 saturated carbocycles. The van der Waals surface area contributed by atoms with Crippen molar-refractivity contribution in [3.63, 3.8) is 0 Å².